The number of aliphatic carboxylic acids is 4. The third-order valence-electron chi connectivity index (χ3n) is 6.26. The van der Waals surface area contributed by atoms with Crippen LogP contribution in [0.4, 0.5) is 11.4 Å². The van der Waals surface area contributed by atoms with Gasteiger partial charge in [-0.2, -0.15) is 10.2 Å². The molecule has 18 heteroatoms. The van der Waals surface area contributed by atoms with Gasteiger partial charge in [0.1, 0.15) is 12.4 Å². The van der Waals surface area contributed by atoms with Crippen LogP contribution in [0.5, 0.6) is 5.75 Å². The standard InChI is InChI=1S/C28H31N9O9/c29-21-2-1-20(9-22(21)30)46-16-17-7-23(36-5-3-18(32-36)10-34(12-25(38)39)13-26(40)41)31-24(8-17)37-6-4-19(33-37)11-35(14-27(42)43)15-28(44)45/h1-9H,10-16,29-30H2,(H,38,39)(H,40,41)(H,42,43)(H,44,45)/p-4. The minimum Gasteiger partial charge on any atom is -0.549 e. The number of carboxylic acid groups (broad SMARTS) is 4. The first kappa shape index (κ1) is 32.9. The summed E-state index contributed by atoms with van der Waals surface area (Å²) in [5.41, 5.74) is 13.6. The van der Waals surface area contributed by atoms with Crippen LogP contribution in [0.3, 0.4) is 0 Å². The molecular weight excluding hydrogens is 606 g/mol. The third kappa shape index (κ3) is 9.49. The summed E-state index contributed by atoms with van der Waals surface area (Å²) in [4.78, 5) is 51.1. The van der Waals surface area contributed by atoms with Crippen molar-refractivity contribution in [2.75, 3.05) is 37.6 Å². The van der Waals surface area contributed by atoms with E-state index < -0.39 is 50.1 Å². The SMILES string of the molecule is Nc1ccc(OCc2cc(-n3ccc(CN(CC(=O)[O-])CC(=O)[O-])n3)nc(-n3ccc(CN(CC(=O)[O-])CC(=O)[O-])n3)c2)cc1N. The summed E-state index contributed by atoms with van der Waals surface area (Å²) < 4.78 is 8.65. The number of carbonyl (C=O) groups is 4. The minimum absolute atomic E-state index is 0.0319. The molecule has 0 bridgehead atoms. The van der Waals surface area contributed by atoms with E-state index in [4.69, 9.17) is 16.2 Å². The molecular formula is C28H27N9O9-4. The lowest BCUT2D eigenvalue weighted by Crippen LogP contribution is -2.43. The predicted molar refractivity (Wildman–Crippen MR) is 149 cm³/mol. The van der Waals surface area contributed by atoms with E-state index >= 15 is 0 Å². The molecule has 0 atom stereocenters. The van der Waals surface area contributed by atoms with Gasteiger partial charge in [-0.1, -0.05) is 0 Å². The molecule has 3 heterocycles. The molecule has 0 spiro atoms. The first-order valence-electron chi connectivity index (χ1n) is 13.5. The Hall–Kier alpha value is -6.01. The van der Waals surface area contributed by atoms with E-state index in [0.29, 0.717) is 34.1 Å². The highest BCUT2D eigenvalue weighted by atomic mass is 16.5. The Kier molecular flexibility index (Phi) is 10.5. The van der Waals surface area contributed by atoms with Gasteiger partial charge in [0.2, 0.25) is 0 Å². The number of hydrogen-bond donors (Lipinski definition) is 2. The smallest absolute Gasteiger partial charge is 0.156 e. The highest BCUT2D eigenvalue weighted by Gasteiger charge is 2.15. The van der Waals surface area contributed by atoms with E-state index in [-0.39, 0.29) is 31.3 Å². The van der Waals surface area contributed by atoms with Crippen LogP contribution in [0.25, 0.3) is 11.6 Å². The van der Waals surface area contributed by atoms with Gasteiger partial charge in [0, 0.05) is 57.7 Å². The van der Waals surface area contributed by atoms with Crippen molar-refractivity contribution < 1.29 is 44.3 Å². The van der Waals surface area contributed by atoms with E-state index in [1.54, 1.807) is 42.5 Å². The van der Waals surface area contributed by atoms with Crippen LogP contribution in [0.2, 0.25) is 0 Å². The lowest BCUT2D eigenvalue weighted by Gasteiger charge is -2.22. The van der Waals surface area contributed by atoms with Crippen molar-refractivity contribution in [3.63, 3.8) is 0 Å². The van der Waals surface area contributed by atoms with Gasteiger partial charge in [-0.15, -0.1) is 0 Å². The zero-order valence-corrected chi connectivity index (χ0v) is 24.1. The van der Waals surface area contributed by atoms with Gasteiger partial charge in [0.25, 0.3) is 0 Å². The summed E-state index contributed by atoms with van der Waals surface area (Å²) in [7, 11) is 0. The maximum absolute atomic E-state index is 11.1. The lowest BCUT2D eigenvalue weighted by molar-refractivity contribution is -0.313. The van der Waals surface area contributed by atoms with Crippen molar-refractivity contribution in [3.05, 3.63) is 71.8 Å². The van der Waals surface area contributed by atoms with Crippen LogP contribution in [-0.2, 0) is 38.9 Å². The molecule has 0 aliphatic heterocycles. The summed E-state index contributed by atoms with van der Waals surface area (Å²) in [5.74, 6) is -4.88. The molecule has 0 aliphatic rings. The van der Waals surface area contributed by atoms with Crippen molar-refractivity contribution in [3.8, 4) is 17.4 Å². The van der Waals surface area contributed by atoms with Crippen LogP contribution < -0.4 is 36.6 Å². The van der Waals surface area contributed by atoms with Crippen LogP contribution in [0, 0.1) is 0 Å². The van der Waals surface area contributed by atoms with Gasteiger partial charge in [-0.3, -0.25) is 9.80 Å². The van der Waals surface area contributed by atoms with Crippen molar-refractivity contribution in [1.82, 2.24) is 34.3 Å². The number of pyridine rings is 1. The average Bonchev–Trinajstić information content (AvgIpc) is 3.62. The Balaban J connectivity index is 1.64. The number of anilines is 2. The third-order valence-corrected chi connectivity index (χ3v) is 6.26. The number of benzene rings is 1. The molecule has 0 radical (unpaired) electrons. The number of ether oxygens (including phenoxy) is 1. The van der Waals surface area contributed by atoms with Crippen LogP contribution in [0.15, 0.2) is 54.9 Å². The molecule has 1 aromatic carbocycles. The Labute approximate surface area is 260 Å². The highest BCUT2D eigenvalue weighted by Crippen LogP contribution is 2.23. The van der Waals surface area contributed by atoms with E-state index in [2.05, 4.69) is 15.2 Å². The number of carboxylic acids is 4. The van der Waals surface area contributed by atoms with Crippen LogP contribution in [0.1, 0.15) is 17.0 Å². The fraction of sp³-hybridized carbons (Fsp3) is 0.250. The van der Waals surface area contributed by atoms with Gasteiger partial charge in [0.15, 0.2) is 11.6 Å². The van der Waals surface area contributed by atoms with Crippen molar-refractivity contribution in [1.29, 1.82) is 0 Å². The minimum atomic E-state index is -1.47. The molecule has 0 amide bonds. The first-order chi connectivity index (χ1) is 21.8. The lowest BCUT2D eigenvalue weighted by atomic mass is 10.2. The van der Waals surface area contributed by atoms with Crippen molar-refractivity contribution in [2.24, 2.45) is 0 Å². The molecule has 46 heavy (non-hydrogen) atoms. The number of aromatic nitrogens is 5. The number of hydrogen-bond acceptors (Lipinski definition) is 16. The monoisotopic (exact) mass is 633 g/mol. The molecule has 242 valence electrons. The van der Waals surface area contributed by atoms with Gasteiger partial charge >= 0.3 is 0 Å². The number of nitrogens with two attached hydrogens (primary N) is 2. The fourth-order valence-corrected chi connectivity index (χ4v) is 4.35. The topological polar surface area (TPSA) is 277 Å². The Morgan fingerprint density at radius 3 is 1.54 bits per heavy atom. The van der Waals surface area contributed by atoms with Crippen molar-refractivity contribution in [2.45, 2.75) is 19.7 Å². The quantitative estimate of drug-likeness (QED) is 0.103. The molecule has 4 N–H and O–H groups in total. The fourth-order valence-electron chi connectivity index (χ4n) is 4.35. The zero-order valence-electron chi connectivity index (χ0n) is 24.1. The molecule has 3 aromatic heterocycles. The molecule has 0 fully saturated rings. The Bertz CT molecular complexity index is 1610. The normalized spacial score (nSPS) is 11.2. The highest BCUT2D eigenvalue weighted by molar-refractivity contribution is 5.71. The number of nitrogens with zero attached hydrogens (tertiary/aromatic N) is 7. The molecule has 0 saturated heterocycles. The van der Waals surface area contributed by atoms with Crippen molar-refractivity contribution >= 4 is 35.3 Å². The molecule has 18 nitrogen and oxygen atoms in total. The van der Waals surface area contributed by atoms with E-state index in [9.17, 15) is 39.6 Å². The number of rotatable bonds is 17. The Morgan fingerprint density at radius 1 is 0.674 bits per heavy atom. The van der Waals surface area contributed by atoms with Gasteiger partial charge in [0.05, 0.1) is 46.6 Å². The number of carbonyl (C=O) groups excluding carboxylic acids is 4. The molecule has 0 aliphatic carbocycles. The van der Waals surface area contributed by atoms with Gasteiger partial charge in [-0.25, -0.2) is 14.3 Å². The second kappa shape index (κ2) is 14.6. The molecule has 4 aromatic rings. The van der Waals surface area contributed by atoms with Gasteiger partial charge < -0.3 is 55.8 Å². The zero-order chi connectivity index (χ0) is 33.4. The summed E-state index contributed by atoms with van der Waals surface area (Å²) in [5, 5.41) is 53.1. The second-order valence-electron chi connectivity index (χ2n) is 10.1. The van der Waals surface area contributed by atoms with Crippen LogP contribution in [-0.4, -0.2) is 84.4 Å². The predicted octanol–water partition coefficient (Wildman–Crippen LogP) is -5.20. The second-order valence-corrected chi connectivity index (χ2v) is 10.1. The maximum atomic E-state index is 11.1. The average molecular weight is 634 g/mol. The Morgan fingerprint density at radius 2 is 1.13 bits per heavy atom. The number of nitrogen functional groups attached to an aromatic ring is 2. The van der Waals surface area contributed by atoms with E-state index in [1.165, 1.54) is 21.8 Å². The van der Waals surface area contributed by atoms with E-state index in [1.807, 2.05) is 0 Å². The largest absolute Gasteiger partial charge is 0.549 e. The van der Waals surface area contributed by atoms with Gasteiger partial charge in [-0.05, 0) is 42.0 Å². The van der Waals surface area contributed by atoms with E-state index in [0.717, 1.165) is 9.80 Å². The summed E-state index contributed by atoms with van der Waals surface area (Å²) in [6.45, 7) is -2.87. The molecule has 4 rings (SSSR count). The maximum Gasteiger partial charge on any atom is 0.156 e. The summed E-state index contributed by atoms with van der Waals surface area (Å²) >= 11 is 0. The first-order valence-corrected chi connectivity index (χ1v) is 13.5. The summed E-state index contributed by atoms with van der Waals surface area (Å²) in [6, 6.07) is 11.2. The summed E-state index contributed by atoms with van der Waals surface area (Å²) in [6.07, 6.45) is 3.07. The molecule has 0 unspecified atom stereocenters. The molecule has 0 saturated carbocycles. The van der Waals surface area contributed by atoms with Crippen LogP contribution >= 0.6 is 0 Å².